The van der Waals surface area contributed by atoms with Gasteiger partial charge in [-0.15, -0.1) is 0 Å². The number of phosphoric ester groups is 1. The van der Waals surface area contributed by atoms with Gasteiger partial charge in [-0.3, -0.25) is 4.52 Å². The summed E-state index contributed by atoms with van der Waals surface area (Å²) < 4.78 is 14.8. The molecule has 0 aliphatic rings. The summed E-state index contributed by atoms with van der Waals surface area (Å²) in [4.78, 5) is 17.0. The molecule has 1 atom stereocenters. The minimum Gasteiger partial charge on any atom is -0.394 e. The number of phosphoric acid groups is 1. The van der Waals surface area contributed by atoms with Gasteiger partial charge in [0.05, 0.1) is 19.3 Å². The first kappa shape index (κ1) is 18.4. The summed E-state index contributed by atoms with van der Waals surface area (Å²) >= 11 is 1.55. The van der Waals surface area contributed by atoms with Crippen molar-refractivity contribution >= 4 is 19.6 Å². The molecule has 4 N–H and O–H groups in total. The second-order valence-corrected chi connectivity index (χ2v) is 7.21. The van der Waals surface area contributed by atoms with Crippen molar-refractivity contribution in [1.29, 1.82) is 0 Å². The molecule has 0 radical (unpaired) electrons. The maximum atomic E-state index is 10.5. The SMILES string of the molecule is CC(C)(CCCOP(=O)(O)O)CSCC(O)CO. The topological polar surface area (TPSA) is 107 Å². The fourth-order valence-electron chi connectivity index (χ4n) is 1.33. The van der Waals surface area contributed by atoms with Crippen LogP contribution in [-0.2, 0) is 9.09 Å². The molecule has 0 saturated heterocycles. The van der Waals surface area contributed by atoms with Crippen LogP contribution in [0, 0.1) is 5.41 Å². The normalized spacial score (nSPS) is 14.8. The smallest absolute Gasteiger partial charge is 0.394 e. The molecule has 8 heteroatoms. The molecule has 0 saturated carbocycles. The van der Waals surface area contributed by atoms with E-state index in [1.807, 2.05) is 13.8 Å². The van der Waals surface area contributed by atoms with Crippen molar-refractivity contribution in [2.45, 2.75) is 32.8 Å². The Morgan fingerprint density at radius 2 is 2.00 bits per heavy atom. The van der Waals surface area contributed by atoms with Gasteiger partial charge in [0.25, 0.3) is 0 Å². The minimum atomic E-state index is -4.35. The highest BCUT2D eigenvalue weighted by atomic mass is 32.2. The van der Waals surface area contributed by atoms with Crippen LogP contribution in [0.25, 0.3) is 0 Å². The van der Waals surface area contributed by atoms with E-state index in [2.05, 4.69) is 4.52 Å². The quantitative estimate of drug-likeness (QED) is 0.352. The van der Waals surface area contributed by atoms with Crippen LogP contribution in [0.5, 0.6) is 0 Å². The molecule has 0 bridgehead atoms. The number of aliphatic hydroxyl groups is 2. The molecule has 0 rings (SSSR count). The van der Waals surface area contributed by atoms with E-state index in [9.17, 15) is 9.67 Å². The van der Waals surface area contributed by atoms with Crippen molar-refractivity contribution in [3.63, 3.8) is 0 Å². The van der Waals surface area contributed by atoms with Crippen molar-refractivity contribution in [3.05, 3.63) is 0 Å². The third-order valence-corrected chi connectivity index (χ3v) is 4.40. The highest BCUT2D eigenvalue weighted by molar-refractivity contribution is 7.99. The van der Waals surface area contributed by atoms with Gasteiger partial charge in [0.1, 0.15) is 0 Å². The highest BCUT2D eigenvalue weighted by Gasteiger charge is 2.19. The van der Waals surface area contributed by atoms with Crippen LogP contribution in [0.2, 0.25) is 0 Å². The van der Waals surface area contributed by atoms with Crippen LogP contribution in [0.4, 0.5) is 0 Å². The summed E-state index contributed by atoms with van der Waals surface area (Å²) in [6.07, 6.45) is 0.653. The zero-order valence-corrected chi connectivity index (χ0v) is 12.5. The van der Waals surface area contributed by atoms with Crippen LogP contribution in [0.1, 0.15) is 26.7 Å². The molecule has 0 aromatic heterocycles. The minimum absolute atomic E-state index is 0.00188. The Balaban J connectivity index is 3.70. The lowest BCUT2D eigenvalue weighted by Gasteiger charge is -2.24. The zero-order chi connectivity index (χ0) is 14.2. The van der Waals surface area contributed by atoms with E-state index < -0.39 is 13.9 Å². The van der Waals surface area contributed by atoms with Gasteiger partial charge < -0.3 is 20.0 Å². The standard InChI is InChI=1S/C10H23O6PS/c1-10(2,8-18-7-9(12)6-11)4-3-5-16-17(13,14)15/h9,11-12H,3-8H2,1-2H3,(H2,13,14,15). The van der Waals surface area contributed by atoms with E-state index in [0.29, 0.717) is 12.2 Å². The Morgan fingerprint density at radius 3 is 2.50 bits per heavy atom. The Kier molecular flexibility index (Phi) is 8.71. The van der Waals surface area contributed by atoms with Crippen LogP contribution in [-0.4, -0.2) is 50.8 Å². The van der Waals surface area contributed by atoms with Gasteiger partial charge in [0.2, 0.25) is 0 Å². The fourth-order valence-corrected chi connectivity index (χ4v) is 2.89. The van der Waals surface area contributed by atoms with Gasteiger partial charge in [-0.1, -0.05) is 13.8 Å². The summed E-state index contributed by atoms with van der Waals surface area (Å²) in [7, 11) is -4.35. The lowest BCUT2D eigenvalue weighted by atomic mass is 9.90. The third-order valence-electron chi connectivity index (χ3n) is 2.27. The van der Waals surface area contributed by atoms with Gasteiger partial charge in [0, 0.05) is 5.75 Å². The van der Waals surface area contributed by atoms with Crippen molar-refractivity contribution in [2.24, 2.45) is 5.41 Å². The Morgan fingerprint density at radius 1 is 1.39 bits per heavy atom. The van der Waals surface area contributed by atoms with E-state index in [0.717, 1.165) is 12.2 Å². The van der Waals surface area contributed by atoms with E-state index in [4.69, 9.17) is 14.9 Å². The van der Waals surface area contributed by atoms with Gasteiger partial charge in [-0.2, -0.15) is 11.8 Å². The first-order valence-electron chi connectivity index (χ1n) is 5.73. The Labute approximate surface area is 112 Å². The molecule has 6 nitrogen and oxygen atoms in total. The molecule has 0 fully saturated rings. The van der Waals surface area contributed by atoms with E-state index >= 15 is 0 Å². The predicted octanol–water partition coefficient (Wildman–Crippen LogP) is 0.988. The third kappa shape index (κ3) is 11.5. The number of hydrogen-bond donors (Lipinski definition) is 4. The van der Waals surface area contributed by atoms with Gasteiger partial charge in [-0.25, -0.2) is 4.57 Å². The number of aliphatic hydroxyl groups excluding tert-OH is 2. The first-order chi connectivity index (χ1) is 8.16. The molecule has 0 spiro atoms. The average molecular weight is 302 g/mol. The number of hydrogen-bond acceptors (Lipinski definition) is 5. The second kappa shape index (κ2) is 8.53. The van der Waals surface area contributed by atoms with Crippen LogP contribution < -0.4 is 0 Å². The molecular weight excluding hydrogens is 279 g/mol. The lowest BCUT2D eigenvalue weighted by molar-refractivity contribution is 0.113. The van der Waals surface area contributed by atoms with Crippen LogP contribution in [0.15, 0.2) is 0 Å². The molecule has 18 heavy (non-hydrogen) atoms. The lowest BCUT2D eigenvalue weighted by Crippen LogP contribution is -2.20. The van der Waals surface area contributed by atoms with Crippen molar-refractivity contribution < 1.29 is 29.1 Å². The zero-order valence-electron chi connectivity index (χ0n) is 10.8. The van der Waals surface area contributed by atoms with Crippen molar-refractivity contribution in [2.75, 3.05) is 24.7 Å². The molecule has 0 aromatic carbocycles. The molecule has 0 aliphatic heterocycles. The molecule has 0 amide bonds. The predicted molar refractivity (Wildman–Crippen MR) is 71.4 cm³/mol. The largest absolute Gasteiger partial charge is 0.469 e. The summed E-state index contributed by atoms with van der Waals surface area (Å²) in [6.45, 7) is 3.90. The van der Waals surface area contributed by atoms with Gasteiger partial charge in [-0.05, 0) is 24.0 Å². The van der Waals surface area contributed by atoms with Gasteiger partial charge in [0.15, 0.2) is 0 Å². The number of rotatable bonds is 10. The summed E-state index contributed by atoms with van der Waals surface area (Å²) in [5, 5.41) is 17.8. The van der Waals surface area contributed by atoms with Crippen molar-refractivity contribution in [3.8, 4) is 0 Å². The van der Waals surface area contributed by atoms with E-state index in [-0.39, 0.29) is 18.6 Å². The van der Waals surface area contributed by atoms with Crippen LogP contribution >= 0.6 is 19.6 Å². The molecule has 0 aliphatic carbocycles. The first-order valence-corrected chi connectivity index (χ1v) is 8.41. The molecule has 0 heterocycles. The summed E-state index contributed by atoms with van der Waals surface area (Å²) in [5.74, 6) is 1.29. The second-order valence-electron chi connectivity index (χ2n) is 4.94. The number of thioether (sulfide) groups is 1. The average Bonchev–Trinajstić information content (AvgIpc) is 2.23. The maximum absolute atomic E-state index is 10.5. The Hall–Kier alpha value is 0.380. The summed E-state index contributed by atoms with van der Waals surface area (Å²) in [6, 6.07) is 0. The molecule has 0 aromatic rings. The molecule has 110 valence electrons. The van der Waals surface area contributed by atoms with Crippen molar-refractivity contribution in [1.82, 2.24) is 0 Å². The molecular formula is C10H23O6PS. The highest BCUT2D eigenvalue weighted by Crippen LogP contribution is 2.36. The summed E-state index contributed by atoms with van der Waals surface area (Å²) in [5.41, 5.74) is -0.00188. The monoisotopic (exact) mass is 302 g/mol. The molecule has 1 unspecified atom stereocenters. The fraction of sp³-hybridized carbons (Fsp3) is 1.00. The van der Waals surface area contributed by atoms with E-state index in [1.54, 1.807) is 11.8 Å². The Bertz CT molecular complexity index is 267. The maximum Gasteiger partial charge on any atom is 0.469 e. The van der Waals surface area contributed by atoms with Crippen LogP contribution in [0.3, 0.4) is 0 Å². The van der Waals surface area contributed by atoms with Gasteiger partial charge >= 0.3 is 7.82 Å². The van der Waals surface area contributed by atoms with E-state index in [1.165, 1.54) is 0 Å².